The molecule has 1 aliphatic rings. The average Bonchev–Trinajstić information content (AvgIpc) is 3.38. The summed E-state index contributed by atoms with van der Waals surface area (Å²) in [6.07, 6.45) is 4.11. The van der Waals surface area contributed by atoms with Gasteiger partial charge in [0.05, 0.1) is 18.2 Å². The highest BCUT2D eigenvalue weighted by Gasteiger charge is 2.25. The number of benzene rings is 1. The summed E-state index contributed by atoms with van der Waals surface area (Å²) in [4.78, 5) is 53.6. The van der Waals surface area contributed by atoms with Crippen molar-refractivity contribution in [3.63, 3.8) is 0 Å². The summed E-state index contributed by atoms with van der Waals surface area (Å²) in [5.41, 5.74) is 2.53. The first-order chi connectivity index (χ1) is 19.6. The molecule has 0 radical (unpaired) electrons. The van der Waals surface area contributed by atoms with Crippen molar-refractivity contribution >= 4 is 39.6 Å². The topological polar surface area (TPSA) is 174 Å². The molecular formula is C28H29N5O7S. The third-order valence-electron chi connectivity index (χ3n) is 6.16. The van der Waals surface area contributed by atoms with E-state index >= 15 is 0 Å². The third kappa shape index (κ3) is 8.10. The van der Waals surface area contributed by atoms with Gasteiger partial charge in [0.15, 0.2) is 5.76 Å². The van der Waals surface area contributed by atoms with Crippen LogP contribution in [-0.4, -0.2) is 74.5 Å². The molecule has 0 aliphatic carbocycles. The molecule has 0 atom stereocenters. The number of rotatable bonds is 6. The Bertz CT molecular complexity index is 1590. The Labute approximate surface area is 237 Å². The van der Waals surface area contributed by atoms with E-state index in [0.29, 0.717) is 16.8 Å². The first-order valence-corrected chi connectivity index (χ1v) is 14.7. The lowest BCUT2D eigenvalue weighted by Crippen LogP contribution is -2.50. The number of amides is 4. The van der Waals surface area contributed by atoms with E-state index in [1.807, 2.05) is 0 Å². The van der Waals surface area contributed by atoms with Gasteiger partial charge in [-0.2, -0.15) is 4.36 Å². The fourth-order valence-corrected chi connectivity index (χ4v) is 5.94. The molecule has 1 aliphatic heterocycles. The van der Waals surface area contributed by atoms with E-state index in [-0.39, 0.29) is 54.8 Å². The van der Waals surface area contributed by atoms with Crippen LogP contribution in [0.25, 0.3) is 0 Å². The Morgan fingerprint density at radius 3 is 2.56 bits per heavy atom. The van der Waals surface area contributed by atoms with Crippen molar-refractivity contribution in [1.82, 2.24) is 15.2 Å². The zero-order valence-corrected chi connectivity index (χ0v) is 23.1. The molecule has 214 valence electrons. The van der Waals surface area contributed by atoms with Crippen LogP contribution in [0, 0.1) is 18.8 Å². The van der Waals surface area contributed by atoms with E-state index in [1.54, 1.807) is 37.3 Å². The first-order valence-electron chi connectivity index (χ1n) is 12.7. The Balaban J connectivity index is 1.38. The lowest BCUT2D eigenvalue weighted by Gasteiger charge is -2.35. The number of hydrogen-bond acceptors (Lipinski definition) is 6. The van der Waals surface area contributed by atoms with Crippen LogP contribution in [0.15, 0.2) is 63.8 Å². The van der Waals surface area contributed by atoms with Crippen LogP contribution in [0.3, 0.4) is 0 Å². The van der Waals surface area contributed by atoms with Crippen LogP contribution in [0.4, 0.5) is 10.5 Å². The summed E-state index contributed by atoms with van der Waals surface area (Å²) in [5.74, 6) is 4.49. The molecule has 0 bridgehead atoms. The molecular weight excluding hydrogens is 550 g/mol. The molecule has 4 N–H and O–H groups in total. The highest BCUT2D eigenvalue weighted by molar-refractivity contribution is 8.00. The molecule has 12 nitrogen and oxygen atoms in total. The zero-order chi connectivity index (χ0) is 29.4. The first kappa shape index (κ1) is 29.2. The number of carboxylic acid groups (broad SMARTS) is 1. The number of thiol groups is 1. The van der Waals surface area contributed by atoms with Gasteiger partial charge >= 0.3 is 12.0 Å². The van der Waals surface area contributed by atoms with Crippen molar-refractivity contribution in [2.75, 3.05) is 36.5 Å². The van der Waals surface area contributed by atoms with Crippen LogP contribution < -0.4 is 10.6 Å². The molecule has 4 rings (SSSR count). The van der Waals surface area contributed by atoms with Crippen molar-refractivity contribution in [2.45, 2.75) is 13.3 Å². The maximum atomic E-state index is 12.9. The van der Waals surface area contributed by atoms with Gasteiger partial charge in [-0.25, -0.2) is 4.79 Å². The summed E-state index contributed by atoms with van der Waals surface area (Å²) in [6.45, 7) is 2.18. The summed E-state index contributed by atoms with van der Waals surface area (Å²) in [6, 6.07) is 9.79. The largest absolute Gasteiger partial charge is 0.481 e. The van der Waals surface area contributed by atoms with Crippen molar-refractivity contribution in [2.24, 2.45) is 4.36 Å². The minimum absolute atomic E-state index is 0.00662. The smallest absolute Gasteiger partial charge is 0.317 e. The Morgan fingerprint density at radius 1 is 1.10 bits per heavy atom. The minimum atomic E-state index is -2.97. The van der Waals surface area contributed by atoms with Crippen molar-refractivity contribution in [1.29, 1.82) is 0 Å². The number of furan rings is 1. The van der Waals surface area contributed by atoms with Gasteiger partial charge in [-0.1, -0.05) is 28.0 Å². The molecule has 2 aromatic heterocycles. The van der Waals surface area contributed by atoms with E-state index < -0.39 is 28.0 Å². The van der Waals surface area contributed by atoms with Crippen LogP contribution in [0.2, 0.25) is 0 Å². The fourth-order valence-electron chi connectivity index (χ4n) is 3.94. The van der Waals surface area contributed by atoms with E-state index in [0.717, 1.165) is 5.56 Å². The van der Waals surface area contributed by atoms with Crippen molar-refractivity contribution in [3.05, 3.63) is 83.1 Å². The number of nitrogens with zero attached hydrogens (tertiary/aromatic N) is 3. The number of aryl methyl sites for hydroxylation is 1. The standard InChI is InChI=1S/C28H29N5O7S/c1-19-8-12-40-25(19)27(37)31-23-4-2-3-20(16-23)5-6-21-15-22(18-29-17-21)26(36)32-41(39)13-10-33(11-14-41)28(38)30-9-7-24(34)35/h2-4,8,12,15-18,41H,7,9-11,13-14H2,1H3,(H,30,38)(H,31,37)(H,34,35)(H,32,36,39). The van der Waals surface area contributed by atoms with Crippen LogP contribution in [0.1, 0.15) is 44.0 Å². The molecule has 3 aromatic rings. The lowest BCUT2D eigenvalue weighted by atomic mass is 10.1. The summed E-state index contributed by atoms with van der Waals surface area (Å²) in [5, 5.41) is 14.0. The highest BCUT2D eigenvalue weighted by atomic mass is 32.3. The molecule has 1 aromatic carbocycles. The Kier molecular flexibility index (Phi) is 9.28. The number of carbonyl (C=O) groups is 4. The van der Waals surface area contributed by atoms with Gasteiger partial charge in [-0.15, -0.1) is 0 Å². The number of nitrogens with one attached hydrogen (secondary N) is 2. The van der Waals surface area contributed by atoms with Crippen molar-refractivity contribution < 1.29 is 33.3 Å². The number of aliphatic carboxylic acids is 1. The third-order valence-corrected chi connectivity index (χ3v) is 8.55. The number of carbonyl (C=O) groups excluding carboxylic acids is 3. The average molecular weight is 580 g/mol. The van der Waals surface area contributed by atoms with Crippen LogP contribution >= 0.6 is 0 Å². The number of carboxylic acids is 1. The predicted molar refractivity (Wildman–Crippen MR) is 153 cm³/mol. The second-order valence-electron chi connectivity index (χ2n) is 9.27. The van der Waals surface area contributed by atoms with Crippen LogP contribution in [0.5, 0.6) is 0 Å². The molecule has 3 heterocycles. The summed E-state index contributed by atoms with van der Waals surface area (Å²) >= 11 is 0. The van der Waals surface area contributed by atoms with E-state index in [4.69, 9.17) is 9.52 Å². The maximum Gasteiger partial charge on any atom is 0.317 e. The molecule has 0 unspecified atom stereocenters. The monoisotopic (exact) mass is 579 g/mol. The summed E-state index contributed by atoms with van der Waals surface area (Å²) < 4.78 is 20.3. The van der Waals surface area contributed by atoms with Gasteiger partial charge in [0, 0.05) is 65.9 Å². The number of anilines is 1. The molecule has 0 saturated carbocycles. The Hall–Kier alpha value is -4.80. The predicted octanol–water partition coefficient (Wildman–Crippen LogP) is 2.82. The molecule has 1 fully saturated rings. The van der Waals surface area contributed by atoms with Gasteiger partial charge in [0.1, 0.15) is 0 Å². The van der Waals surface area contributed by atoms with Gasteiger partial charge in [0.2, 0.25) is 0 Å². The quantitative estimate of drug-likeness (QED) is 0.219. The van der Waals surface area contributed by atoms with E-state index in [2.05, 4.69) is 31.8 Å². The normalized spacial score (nSPS) is 14.6. The van der Waals surface area contributed by atoms with Gasteiger partial charge in [-0.05, 0) is 37.3 Å². The number of urea groups is 1. The van der Waals surface area contributed by atoms with Gasteiger partial charge < -0.3 is 29.6 Å². The van der Waals surface area contributed by atoms with Gasteiger partial charge in [0.25, 0.3) is 11.8 Å². The molecule has 1 saturated heterocycles. The molecule has 41 heavy (non-hydrogen) atoms. The molecule has 0 spiro atoms. The summed E-state index contributed by atoms with van der Waals surface area (Å²) in [7, 11) is -2.97. The van der Waals surface area contributed by atoms with E-state index in [9.17, 15) is 23.7 Å². The maximum absolute atomic E-state index is 12.9. The number of hydrogen-bond donors (Lipinski definition) is 5. The fraction of sp³-hybridized carbons (Fsp3) is 0.250. The second-order valence-corrected chi connectivity index (χ2v) is 12.1. The molecule has 13 heteroatoms. The second kappa shape index (κ2) is 13.0. The molecule has 4 amide bonds. The van der Waals surface area contributed by atoms with E-state index in [1.165, 1.54) is 29.6 Å². The zero-order valence-electron chi connectivity index (χ0n) is 22.2. The van der Waals surface area contributed by atoms with Gasteiger partial charge in [-0.3, -0.25) is 19.4 Å². The highest BCUT2D eigenvalue weighted by Crippen LogP contribution is 2.17. The lowest BCUT2D eigenvalue weighted by molar-refractivity contribution is -0.136. The SMILES string of the molecule is Cc1ccoc1C(=O)Nc1cccc(C#Cc2cncc(C(=O)N=[SH]3(O)CCN(C(=O)NCCC(=O)O)CC3)c2)c1. The minimum Gasteiger partial charge on any atom is -0.481 e. The number of pyridine rings is 1. The number of aromatic nitrogens is 1. The Morgan fingerprint density at radius 2 is 1.85 bits per heavy atom. The van der Waals surface area contributed by atoms with Crippen LogP contribution in [-0.2, 0) is 14.9 Å². The van der Waals surface area contributed by atoms with Crippen molar-refractivity contribution in [3.8, 4) is 11.8 Å².